The quantitative estimate of drug-likeness (QED) is 0.921. The lowest BCUT2D eigenvalue weighted by molar-refractivity contribution is -0.131. The van der Waals surface area contributed by atoms with Crippen molar-refractivity contribution in [1.29, 1.82) is 0 Å². The van der Waals surface area contributed by atoms with E-state index >= 15 is 0 Å². The molecule has 1 amide bonds. The summed E-state index contributed by atoms with van der Waals surface area (Å²) in [5, 5.41) is 5.62. The molecule has 2 aliphatic rings. The topological polar surface area (TPSA) is 32.3 Å². The second kappa shape index (κ2) is 5.25. The van der Waals surface area contributed by atoms with Gasteiger partial charge in [-0.3, -0.25) is 4.79 Å². The smallest absolute Gasteiger partial charge is 0.236 e. The summed E-state index contributed by atoms with van der Waals surface area (Å²) in [4.78, 5) is 15.8. The van der Waals surface area contributed by atoms with Crippen molar-refractivity contribution in [3.05, 3.63) is 21.9 Å². The monoisotopic (exact) mass is 278 g/mol. The number of hydrogen-bond donors (Lipinski definition) is 1. The Hall–Kier alpha value is -0.870. The van der Waals surface area contributed by atoms with E-state index in [2.05, 4.69) is 23.7 Å². The Bertz CT molecular complexity index is 462. The molecule has 0 aromatic carbocycles. The van der Waals surface area contributed by atoms with Crippen molar-refractivity contribution in [2.24, 2.45) is 0 Å². The van der Waals surface area contributed by atoms with E-state index in [1.54, 1.807) is 0 Å². The Labute approximate surface area is 119 Å². The second-order valence-corrected chi connectivity index (χ2v) is 7.06. The van der Waals surface area contributed by atoms with Crippen LogP contribution in [0.4, 0.5) is 0 Å². The van der Waals surface area contributed by atoms with Crippen LogP contribution in [0.2, 0.25) is 0 Å². The van der Waals surface area contributed by atoms with Crippen LogP contribution in [-0.2, 0) is 17.8 Å². The van der Waals surface area contributed by atoms with Gasteiger partial charge >= 0.3 is 0 Å². The molecular weight excluding hydrogens is 256 g/mol. The van der Waals surface area contributed by atoms with Crippen molar-refractivity contribution in [1.82, 2.24) is 10.2 Å². The number of carbonyl (C=O) groups excluding carboxylic acids is 1. The minimum Gasteiger partial charge on any atom is -0.337 e. The predicted octanol–water partition coefficient (Wildman–Crippen LogP) is 2.56. The lowest BCUT2D eigenvalue weighted by atomic mass is 10.0. The van der Waals surface area contributed by atoms with Crippen LogP contribution in [0, 0.1) is 0 Å². The Balaban J connectivity index is 1.54. The van der Waals surface area contributed by atoms with E-state index in [0.29, 0.717) is 6.54 Å². The highest BCUT2D eigenvalue weighted by Crippen LogP contribution is 2.29. The minimum absolute atomic E-state index is 0.193. The highest BCUT2D eigenvalue weighted by molar-refractivity contribution is 7.10. The van der Waals surface area contributed by atoms with Crippen molar-refractivity contribution in [3.8, 4) is 0 Å². The number of nitrogens with zero attached hydrogens (tertiary/aromatic N) is 1. The van der Waals surface area contributed by atoms with Crippen molar-refractivity contribution in [2.45, 2.75) is 51.1 Å². The summed E-state index contributed by atoms with van der Waals surface area (Å²) in [5.41, 5.74) is 1.54. The zero-order valence-corrected chi connectivity index (χ0v) is 12.4. The molecule has 3 rings (SSSR count). The Morgan fingerprint density at radius 1 is 1.47 bits per heavy atom. The molecule has 104 valence electrons. The molecule has 0 spiro atoms. The molecular formula is C15H22N2OS. The third kappa shape index (κ3) is 2.84. The van der Waals surface area contributed by atoms with Crippen LogP contribution in [0.3, 0.4) is 0 Å². The van der Waals surface area contributed by atoms with Gasteiger partial charge in [-0.05, 0) is 43.2 Å². The summed E-state index contributed by atoms with van der Waals surface area (Å²) in [6.45, 7) is 4.43. The molecule has 1 fully saturated rings. The molecule has 0 saturated heterocycles. The molecule has 0 unspecified atom stereocenters. The number of carbonyl (C=O) groups is 1. The SMILES string of the molecule is CC1(NCC(=O)N2CCc3sccc3C2)CCCC1. The van der Waals surface area contributed by atoms with Crippen molar-refractivity contribution in [3.63, 3.8) is 0 Å². The fourth-order valence-electron chi connectivity index (χ4n) is 3.19. The van der Waals surface area contributed by atoms with Gasteiger partial charge < -0.3 is 10.2 Å². The third-order valence-electron chi connectivity index (χ3n) is 4.53. The maximum absolute atomic E-state index is 12.3. The van der Waals surface area contributed by atoms with Crippen LogP contribution >= 0.6 is 11.3 Å². The van der Waals surface area contributed by atoms with Gasteiger partial charge in [-0.2, -0.15) is 0 Å². The first-order chi connectivity index (χ1) is 9.16. The van der Waals surface area contributed by atoms with E-state index in [4.69, 9.17) is 0 Å². The summed E-state index contributed by atoms with van der Waals surface area (Å²) in [6.07, 6.45) is 6.01. The average Bonchev–Trinajstić information content (AvgIpc) is 3.04. The summed E-state index contributed by atoms with van der Waals surface area (Å²) in [7, 11) is 0. The first-order valence-electron chi connectivity index (χ1n) is 7.24. The Morgan fingerprint density at radius 3 is 3.05 bits per heavy atom. The molecule has 1 N–H and O–H groups in total. The average molecular weight is 278 g/mol. The lowest BCUT2D eigenvalue weighted by Gasteiger charge is -2.30. The van der Waals surface area contributed by atoms with Crippen LogP contribution < -0.4 is 5.32 Å². The normalized spacial score (nSPS) is 21.4. The van der Waals surface area contributed by atoms with Gasteiger partial charge in [-0.1, -0.05) is 12.8 Å². The first kappa shape index (κ1) is 13.1. The van der Waals surface area contributed by atoms with Gasteiger partial charge in [-0.15, -0.1) is 11.3 Å². The molecule has 1 aromatic heterocycles. The Kier molecular flexibility index (Phi) is 3.63. The highest BCUT2D eigenvalue weighted by atomic mass is 32.1. The van der Waals surface area contributed by atoms with E-state index in [9.17, 15) is 4.79 Å². The fraction of sp³-hybridized carbons (Fsp3) is 0.667. The molecule has 2 heterocycles. The highest BCUT2D eigenvalue weighted by Gasteiger charge is 2.29. The van der Waals surface area contributed by atoms with E-state index in [0.717, 1.165) is 19.5 Å². The van der Waals surface area contributed by atoms with Gasteiger partial charge in [0.15, 0.2) is 0 Å². The molecule has 4 heteroatoms. The number of nitrogens with one attached hydrogen (secondary N) is 1. The predicted molar refractivity (Wildman–Crippen MR) is 78.3 cm³/mol. The molecule has 1 saturated carbocycles. The molecule has 1 aliphatic heterocycles. The number of rotatable bonds is 3. The van der Waals surface area contributed by atoms with Crippen molar-refractivity contribution in [2.75, 3.05) is 13.1 Å². The standard InChI is InChI=1S/C15H22N2OS/c1-15(6-2-3-7-15)16-10-14(18)17-8-4-13-12(11-17)5-9-19-13/h5,9,16H,2-4,6-8,10-11H2,1H3. The van der Waals surface area contributed by atoms with Crippen LogP contribution in [0.15, 0.2) is 11.4 Å². The van der Waals surface area contributed by atoms with Crippen LogP contribution in [0.5, 0.6) is 0 Å². The summed E-state index contributed by atoms with van der Waals surface area (Å²) in [5.74, 6) is 0.255. The first-order valence-corrected chi connectivity index (χ1v) is 8.12. The molecule has 19 heavy (non-hydrogen) atoms. The second-order valence-electron chi connectivity index (χ2n) is 6.06. The largest absolute Gasteiger partial charge is 0.337 e. The maximum Gasteiger partial charge on any atom is 0.236 e. The van der Waals surface area contributed by atoms with Gasteiger partial charge in [0.25, 0.3) is 0 Å². The van der Waals surface area contributed by atoms with Crippen LogP contribution in [0.25, 0.3) is 0 Å². The van der Waals surface area contributed by atoms with Gasteiger partial charge in [0.05, 0.1) is 6.54 Å². The molecule has 1 aromatic rings. The van der Waals surface area contributed by atoms with E-state index in [-0.39, 0.29) is 11.4 Å². The van der Waals surface area contributed by atoms with E-state index in [1.165, 1.54) is 36.1 Å². The van der Waals surface area contributed by atoms with Gasteiger partial charge in [0, 0.05) is 23.5 Å². The number of hydrogen-bond acceptors (Lipinski definition) is 3. The van der Waals surface area contributed by atoms with Gasteiger partial charge in [-0.25, -0.2) is 0 Å². The summed E-state index contributed by atoms with van der Waals surface area (Å²) in [6, 6.07) is 2.16. The number of fused-ring (bicyclic) bond motifs is 1. The maximum atomic E-state index is 12.3. The molecule has 3 nitrogen and oxygen atoms in total. The van der Waals surface area contributed by atoms with Crippen LogP contribution in [0.1, 0.15) is 43.0 Å². The fourth-order valence-corrected chi connectivity index (χ4v) is 4.08. The lowest BCUT2D eigenvalue weighted by Crippen LogP contribution is -2.47. The summed E-state index contributed by atoms with van der Waals surface area (Å²) < 4.78 is 0. The molecule has 1 aliphatic carbocycles. The third-order valence-corrected chi connectivity index (χ3v) is 5.56. The Morgan fingerprint density at radius 2 is 2.26 bits per heavy atom. The molecule has 0 atom stereocenters. The zero-order valence-electron chi connectivity index (χ0n) is 11.6. The summed E-state index contributed by atoms with van der Waals surface area (Å²) >= 11 is 1.82. The van der Waals surface area contributed by atoms with Crippen molar-refractivity contribution >= 4 is 17.2 Å². The van der Waals surface area contributed by atoms with Gasteiger partial charge in [0.2, 0.25) is 5.91 Å². The van der Waals surface area contributed by atoms with E-state index < -0.39 is 0 Å². The van der Waals surface area contributed by atoms with Gasteiger partial charge in [0.1, 0.15) is 0 Å². The van der Waals surface area contributed by atoms with Crippen LogP contribution in [-0.4, -0.2) is 29.4 Å². The zero-order chi connectivity index (χ0) is 13.3. The van der Waals surface area contributed by atoms with Crippen molar-refractivity contribution < 1.29 is 4.79 Å². The number of amides is 1. The minimum atomic E-state index is 0.193. The molecule has 0 radical (unpaired) electrons. The molecule has 0 bridgehead atoms. The van der Waals surface area contributed by atoms with E-state index in [1.807, 2.05) is 16.2 Å². The number of thiophene rings is 1.